The predicted molar refractivity (Wildman–Crippen MR) is 23.6 cm³/mol. The summed E-state index contributed by atoms with van der Waals surface area (Å²) in [5.74, 6) is -0.375. The third-order valence-corrected chi connectivity index (χ3v) is 0.622. The van der Waals surface area contributed by atoms with Gasteiger partial charge in [0.05, 0.1) is 0 Å². The van der Waals surface area contributed by atoms with Crippen molar-refractivity contribution in [1.29, 1.82) is 0 Å². The number of carbonyl (C=O) groups is 1. The number of carbonyl (C=O) groups excluding carboxylic acids is 1. The normalized spacial score (nSPS) is 7.38. The SMILES string of the molecule is CN(C)C(=O)C[O-].[Na+]. The van der Waals surface area contributed by atoms with Crippen molar-refractivity contribution in [1.82, 2.24) is 4.90 Å². The molecule has 0 radical (unpaired) electrons. The summed E-state index contributed by atoms with van der Waals surface area (Å²) in [6.45, 7) is -0.646. The monoisotopic (exact) mass is 125 g/mol. The second-order valence-electron chi connectivity index (χ2n) is 1.43. The van der Waals surface area contributed by atoms with Crippen LogP contribution in [0.3, 0.4) is 0 Å². The van der Waals surface area contributed by atoms with Gasteiger partial charge in [-0.25, -0.2) is 0 Å². The zero-order valence-corrected chi connectivity index (χ0v) is 7.47. The maximum Gasteiger partial charge on any atom is 1.00 e. The molecule has 4 heteroatoms. The van der Waals surface area contributed by atoms with E-state index in [1.807, 2.05) is 0 Å². The smallest absolute Gasteiger partial charge is 0.848 e. The van der Waals surface area contributed by atoms with E-state index in [9.17, 15) is 9.90 Å². The fourth-order valence-corrected chi connectivity index (χ4v) is 0.129. The summed E-state index contributed by atoms with van der Waals surface area (Å²) in [7, 11) is 3.11. The van der Waals surface area contributed by atoms with Gasteiger partial charge in [-0.1, -0.05) is 6.61 Å². The van der Waals surface area contributed by atoms with Gasteiger partial charge in [0.1, 0.15) is 0 Å². The average molecular weight is 125 g/mol. The molecule has 0 spiro atoms. The number of hydrogen-bond donors (Lipinski definition) is 0. The Hall–Kier alpha value is 0.430. The first-order valence-electron chi connectivity index (χ1n) is 1.96. The maximum atomic E-state index is 10.1. The molecule has 0 aliphatic heterocycles. The van der Waals surface area contributed by atoms with E-state index in [1.54, 1.807) is 14.1 Å². The second-order valence-corrected chi connectivity index (χ2v) is 1.43. The third kappa shape index (κ3) is 4.59. The van der Waals surface area contributed by atoms with Crippen LogP contribution in [0.15, 0.2) is 0 Å². The molecular formula is C4H8NNaO2. The summed E-state index contributed by atoms with van der Waals surface area (Å²) in [6.07, 6.45) is 0. The van der Waals surface area contributed by atoms with Gasteiger partial charge >= 0.3 is 29.6 Å². The van der Waals surface area contributed by atoms with E-state index in [-0.39, 0.29) is 35.5 Å². The molecule has 0 fully saturated rings. The molecule has 0 aromatic rings. The minimum atomic E-state index is -0.646. The van der Waals surface area contributed by atoms with Gasteiger partial charge in [0.15, 0.2) is 0 Å². The second kappa shape index (κ2) is 5.56. The Labute approximate surface area is 71.0 Å². The van der Waals surface area contributed by atoms with E-state index in [1.165, 1.54) is 4.90 Å². The molecule has 3 nitrogen and oxygen atoms in total. The van der Waals surface area contributed by atoms with Crippen molar-refractivity contribution in [2.24, 2.45) is 0 Å². The molecule has 1 amide bonds. The minimum Gasteiger partial charge on any atom is -0.848 e. The number of rotatable bonds is 1. The van der Waals surface area contributed by atoms with Crippen LogP contribution in [0.5, 0.6) is 0 Å². The molecule has 0 aliphatic rings. The molecule has 0 aliphatic carbocycles. The van der Waals surface area contributed by atoms with Gasteiger partial charge < -0.3 is 10.0 Å². The molecule has 0 heterocycles. The first-order valence-corrected chi connectivity index (χ1v) is 1.96. The van der Waals surface area contributed by atoms with Crippen LogP contribution in [0.25, 0.3) is 0 Å². The molecule has 0 bridgehead atoms. The van der Waals surface area contributed by atoms with Gasteiger partial charge in [0.2, 0.25) is 5.91 Å². The summed E-state index contributed by atoms with van der Waals surface area (Å²) >= 11 is 0. The van der Waals surface area contributed by atoms with Crippen LogP contribution >= 0.6 is 0 Å². The van der Waals surface area contributed by atoms with Crippen LogP contribution in [0.2, 0.25) is 0 Å². The van der Waals surface area contributed by atoms with E-state index in [4.69, 9.17) is 0 Å². The number of amides is 1. The molecule has 8 heavy (non-hydrogen) atoms. The number of hydrogen-bond acceptors (Lipinski definition) is 2. The van der Waals surface area contributed by atoms with Gasteiger partial charge in [-0.05, 0) is 0 Å². The summed E-state index contributed by atoms with van der Waals surface area (Å²) < 4.78 is 0. The third-order valence-electron chi connectivity index (χ3n) is 0.622. The summed E-state index contributed by atoms with van der Waals surface area (Å²) in [4.78, 5) is 11.4. The van der Waals surface area contributed by atoms with Crippen molar-refractivity contribution >= 4 is 5.91 Å². The Balaban J connectivity index is 0. The van der Waals surface area contributed by atoms with E-state index >= 15 is 0 Å². The summed E-state index contributed by atoms with van der Waals surface area (Å²) in [5, 5.41) is 9.68. The summed E-state index contributed by atoms with van der Waals surface area (Å²) in [5.41, 5.74) is 0. The summed E-state index contributed by atoms with van der Waals surface area (Å²) in [6, 6.07) is 0. The van der Waals surface area contributed by atoms with E-state index in [0.29, 0.717) is 0 Å². The molecule has 0 atom stereocenters. The van der Waals surface area contributed by atoms with Crippen molar-refractivity contribution in [3.8, 4) is 0 Å². The van der Waals surface area contributed by atoms with Crippen molar-refractivity contribution < 1.29 is 39.5 Å². The molecule has 0 saturated heterocycles. The molecule has 0 unspecified atom stereocenters. The fourth-order valence-electron chi connectivity index (χ4n) is 0.129. The van der Waals surface area contributed by atoms with Crippen LogP contribution in [-0.4, -0.2) is 31.5 Å². The zero-order chi connectivity index (χ0) is 5.86. The van der Waals surface area contributed by atoms with Crippen molar-refractivity contribution in [3.05, 3.63) is 0 Å². The maximum absolute atomic E-state index is 10.1. The predicted octanol–water partition coefficient (Wildman–Crippen LogP) is -4.56. The quantitative estimate of drug-likeness (QED) is 0.331. The van der Waals surface area contributed by atoms with Crippen molar-refractivity contribution in [2.45, 2.75) is 0 Å². The molecule has 0 aromatic carbocycles. The van der Waals surface area contributed by atoms with Crippen LogP contribution in [0.1, 0.15) is 0 Å². The fraction of sp³-hybridized carbons (Fsp3) is 0.750. The van der Waals surface area contributed by atoms with Gasteiger partial charge in [-0.2, -0.15) is 0 Å². The minimum absolute atomic E-state index is 0. The number of nitrogens with zero attached hydrogens (tertiary/aromatic N) is 1. The molecule has 42 valence electrons. The topological polar surface area (TPSA) is 43.4 Å². The van der Waals surface area contributed by atoms with Gasteiger partial charge in [-0.3, -0.25) is 4.79 Å². The Bertz CT molecular complexity index is 74.4. The standard InChI is InChI=1S/C4H8NO2.Na/c1-5(2)4(7)3-6;/h3H2,1-2H3;/q-1;+1. The van der Waals surface area contributed by atoms with Gasteiger partial charge in [-0.15, -0.1) is 0 Å². The first kappa shape index (κ1) is 11.3. The van der Waals surface area contributed by atoms with Crippen LogP contribution in [0.4, 0.5) is 0 Å². The van der Waals surface area contributed by atoms with Crippen LogP contribution < -0.4 is 34.7 Å². The van der Waals surface area contributed by atoms with Crippen LogP contribution in [-0.2, 0) is 4.79 Å². The molecule has 0 rings (SSSR count). The van der Waals surface area contributed by atoms with E-state index in [2.05, 4.69) is 0 Å². The van der Waals surface area contributed by atoms with E-state index < -0.39 is 6.61 Å². The van der Waals surface area contributed by atoms with Crippen LogP contribution in [0, 0.1) is 0 Å². The zero-order valence-electron chi connectivity index (χ0n) is 5.47. The Kier molecular flexibility index (Phi) is 7.83. The first-order chi connectivity index (χ1) is 3.18. The number of likely N-dealkylation sites (N-methyl/N-ethyl adjacent to an activating group) is 1. The molecule has 0 N–H and O–H groups in total. The molecular weight excluding hydrogens is 117 g/mol. The largest absolute Gasteiger partial charge is 1.00 e. The van der Waals surface area contributed by atoms with Gasteiger partial charge in [0.25, 0.3) is 0 Å². The van der Waals surface area contributed by atoms with Crippen molar-refractivity contribution in [3.63, 3.8) is 0 Å². The molecule has 0 aromatic heterocycles. The van der Waals surface area contributed by atoms with Gasteiger partial charge in [0, 0.05) is 14.1 Å². The van der Waals surface area contributed by atoms with Crippen molar-refractivity contribution in [2.75, 3.05) is 20.7 Å². The molecule has 0 saturated carbocycles. The Morgan fingerprint density at radius 1 is 1.62 bits per heavy atom. The Morgan fingerprint density at radius 2 is 2.00 bits per heavy atom. The average Bonchev–Trinajstić information content (AvgIpc) is 1.65. The van der Waals surface area contributed by atoms with E-state index in [0.717, 1.165) is 0 Å². The Morgan fingerprint density at radius 3 is 2.00 bits per heavy atom.